The molecule has 0 aliphatic rings. The van der Waals surface area contributed by atoms with E-state index >= 15 is 0 Å². The molecule has 0 fully saturated rings. The van der Waals surface area contributed by atoms with Crippen molar-refractivity contribution in [3.63, 3.8) is 0 Å². The van der Waals surface area contributed by atoms with Gasteiger partial charge in [-0.25, -0.2) is 0 Å². The van der Waals surface area contributed by atoms with E-state index in [9.17, 15) is 4.79 Å². The molecule has 2 rings (SSSR count). The van der Waals surface area contributed by atoms with E-state index in [0.717, 1.165) is 12.8 Å². The van der Waals surface area contributed by atoms with Crippen LogP contribution in [0.4, 0.5) is 0 Å². The second-order valence-corrected chi connectivity index (χ2v) is 6.24. The van der Waals surface area contributed by atoms with Crippen LogP contribution in [0.2, 0.25) is 0 Å². The average molecular weight is 294 g/mol. The Morgan fingerprint density at radius 1 is 0.727 bits per heavy atom. The quantitative estimate of drug-likeness (QED) is 0.608. The minimum atomic E-state index is 0.394. The first-order chi connectivity index (χ1) is 10.7. The van der Waals surface area contributed by atoms with Crippen molar-refractivity contribution in [2.45, 2.75) is 51.4 Å². The third-order valence-electron chi connectivity index (χ3n) is 4.45. The van der Waals surface area contributed by atoms with Crippen LogP contribution in [0.25, 0.3) is 0 Å². The van der Waals surface area contributed by atoms with Crippen molar-refractivity contribution in [1.82, 2.24) is 0 Å². The smallest absolute Gasteiger partial charge is 0.132 e. The summed E-state index contributed by atoms with van der Waals surface area (Å²) in [4.78, 5) is 12.1. The summed E-state index contributed by atoms with van der Waals surface area (Å²) in [6, 6.07) is 20.9. The van der Waals surface area contributed by atoms with E-state index in [1.165, 1.54) is 11.1 Å². The molecule has 1 nitrogen and oxygen atoms in total. The van der Waals surface area contributed by atoms with Gasteiger partial charge in [0.05, 0.1) is 0 Å². The highest BCUT2D eigenvalue weighted by Gasteiger charge is 2.11. The lowest BCUT2D eigenvalue weighted by molar-refractivity contribution is -0.119. The number of carbonyl (C=O) groups is 1. The fourth-order valence-electron chi connectivity index (χ4n) is 2.78. The van der Waals surface area contributed by atoms with Crippen LogP contribution >= 0.6 is 0 Å². The van der Waals surface area contributed by atoms with E-state index in [4.69, 9.17) is 0 Å². The van der Waals surface area contributed by atoms with Gasteiger partial charge in [0, 0.05) is 12.8 Å². The monoisotopic (exact) mass is 294 g/mol. The molecule has 0 aliphatic carbocycles. The Morgan fingerprint density at radius 2 is 1.09 bits per heavy atom. The summed E-state index contributed by atoms with van der Waals surface area (Å²) in [6.45, 7) is 4.41. The lowest BCUT2D eigenvalue weighted by Crippen LogP contribution is -2.04. The van der Waals surface area contributed by atoms with Crippen LogP contribution in [0.3, 0.4) is 0 Å². The lowest BCUT2D eigenvalue weighted by Gasteiger charge is -2.13. The molecule has 0 heterocycles. The van der Waals surface area contributed by atoms with Gasteiger partial charge in [-0.2, -0.15) is 0 Å². The molecule has 2 aromatic carbocycles. The van der Waals surface area contributed by atoms with Crippen LogP contribution in [0.1, 0.15) is 62.5 Å². The molecular weight excluding hydrogens is 268 g/mol. The maximum atomic E-state index is 12.1. The highest BCUT2D eigenvalue weighted by Crippen LogP contribution is 2.23. The number of carbonyl (C=O) groups excluding carboxylic acids is 1. The van der Waals surface area contributed by atoms with Crippen LogP contribution in [0, 0.1) is 0 Å². The maximum Gasteiger partial charge on any atom is 0.132 e. The lowest BCUT2D eigenvalue weighted by atomic mass is 9.92. The molecule has 0 bridgehead atoms. The molecule has 0 saturated heterocycles. The molecule has 2 unspecified atom stereocenters. The van der Waals surface area contributed by atoms with Gasteiger partial charge in [0.15, 0.2) is 0 Å². The zero-order valence-corrected chi connectivity index (χ0v) is 13.7. The number of hydrogen-bond acceptors (Lipinski definition) is 1. The van der Waals surface area contributed by atoms with Crippen molar-refractivity contribution in [1.29, 1.82) is 0 Å². The number of hydrogen-bond donors (Lipinski definition) is 0. The second-order valence-electron chi connectivity index (χ2n) is 6.24. The zero-order valence-electron chi connectivity index (χ0n) is 13.7. The summed E-state index contributed by atoms with van der Waals surface area (Å²) in [5.74, 6) is 1.30. The van der Waals surface area contributed by atoms with Gasteiger partial charge in [-0.1, -0.05) is 74.5 Å². The van der Waals surface area contributed by atoms with Crippen LogP contribution in [0.15, 0.2) is 60.7 Å². The van der Waals surface area contributed by atoms with Gasteiger partial charge in [0.25, 0.3) is 0 Å². The molecule has 0 saturated carbocycles. The Bertz CT molecular complexity index is 507. The Kier molecular flexibility index (Phi) is 6.39. The molecule has 0 radical (unpaired) electrons. The largest absolute Gasteiger partial charge is 0.300 e. The molecule has 0 aromatic heterocycles. The summed E-state index contributed by atoms with van der Waals surface area (Å²) in [5.41, 5.74) is 2.65. The van der Waals surface area contributed by atoms with Gasteiger partial charge in [-0.15, -0.1) is 0 Å². The number of ketones is 1. The van der Waals surface area contributed by atoms with Gasteiger partial charge in [-0.3, -0.25) is 4.79 Å². The second kappa shape index (κ2) is 8.53. The summed E-state index contributed by atoms with van der Waals surface area (Å²) in [6.07, 6.45) is 3.28. The predicted molar refractivity (Wildman–Crippen MR) is 93.2 cm³/mol. The van der Waals surface area contributed by atoms with Gasteiger partial charge in [0.1, 0.15) is 5.78 Å². The Hall–Kier alpha value is -1.89. The highest BCUT2D eigenvalue weighted by molar-refractivity contribution is 5.78. The van der Waals surface area contributed by atoms with Crippen molar-refractivity contribution >= 4 is 5.78 Å². The predicted octanol–water partition coefficient (Wildman–Crippen LogP) is 5.72. The van der Waals surface area contributed by atoms with E-state index in [-0.39, 0.29) is 0 Å². The Morgan fingerprint density at radius 3 is 1.45 bits per heavy atom. The van der Waals surface area contributed by atoms with Gasteiger partial charge < -0.3 is 0 Å². The van der Waals surface area contributed by atoms with Crippen LogP contribution < -0.4 is 0 Å². The first-order valence-electron chi connectivity index (χ1n) is 8.28. The normalized spacial score (nSPS) is 13.5. The van der Waals surface area contributed by atoms with Gasteiger partial charge in [0.2, 0.25) is 0 Å². The molecule has 0 amide bonds. The standard InChI is InChI=1S/C21H26O/c1-17(19-9-5-3-6-10-19)13-15-21(22)16-14-18(2)20-11-7-4-8-12-20/h3-12,17-18H,13-16H2,1-2H3. The van der Waals surface area contributed by atoms with E-state index in [1.54, 1.807) is 0 Å². The van der Waals surface area contributed by atoms with Crippen molar-refractivity contribution < 1.29 is 4.79 Å². The minimum Gasteiger partial charge on any atom is -0.300 e. The SMILES string of the molecule is CC(CCC(=O)CCC(C)c1ccccc1)c1ccccc1. The Balaban J connectivity index is 1.72. The molecular formula is C21H26O. The first kappa shape index (κ1) is 16.5. The molecule has 22 heavy (non-hydrogen) atoms. The molecule has 116 valence electrons. The van der Waals surface area contributed by atoms with Gasteiger partial charge >= 0.3 is 0 Å². The summed E-state index contributed by atoms with van der Waals surface area (Å²) in [5, 5.41) is 0. The fourth-order valence-corrected chi connectivity index (χ4v) is 2.78. The summed E-state index contributed by atoms with van der Waals surface area (Å²) >= 11 is 0. The van der Waals surface area contributed by atoms with Crippen LogP contribution in [-0.4, -0.2) is 5.78 Å². The highest BCUT2D eigenvalue weighted by atomic mass is 16.1. The Labute approximate surface area is 134 Å². The fraction of sp³-hybridized carbons (Fsp3) is 0.381. The van der Waals surface area contributed by atoms with Crippen LogP contribution in [0.5, 0.6) is 0 Å². The topological polar surface area (TPSA) is 17.1 Å². The van der Waals surface area contributed by atoms with Crippen molar-refractivity contribution in [2.75, 3.05) is 0 Å². The molecule has 2 atom stereocenters. The van der Waals surface area contributed by atoms with Crippen molar-refractivity contribution in [3.8, 4) is 0 Å². The molecule has 1 heteroatoms. The average Bonchev–Trinajstić information content (AvgIpc) is 2.59. The molecule has 0 spiro atoms. The number of Topliss-reactive ketones (excluding diaryl/α,β-unsaturated/α-hetero) is 1. The van der Waals surface area contributed by atoms with E-state index < -0.39 is 0 Å². The van der Waals surface area contributed by atoms with Crippen molar-refractivity contribution in [2.24, 2.45) is 0 Å². The zero-order chi connectivity index (χ0) is 15.8. The van der Waals surface area contributed by atoms with Gasteiger partial charge in [-0.05, 0) is 35.8 Å². The van der Waals surface area contributed by atoms with E-state index in [1.807, 2.05) is 12.1 Å². The molecule has 0 N–H and O–H groups in total. The third-order valence-corrected chi connectivity index (χ3v) is 4.45. The maximum absolute atomic E-state index is 12.1. The third kappa shape index (κ3) is 5.14. The van der Waals surface area contributed by atoms with Crippen molar-refractivity contribution in [3.05, 3.63) is 71.8 Å². The van der Waals surface area contributed by atoms with E-state index in [0.29, 0.717) is 30.5 Å². The number of benzene rings is 2. The minimum absolute atomic E-state index is 0.394. The van der Waals surface area contributed by atoms with E-state index in [2.05, 4.69) is 62.4 Å². The summed E-state index contributed by atoms with van der Waals surface area (Å²) in [7, 11) is 0. The van der Waals surface area contributed by atoms with Crippen LogP contribution in [-0.2, 0) is 4.79 Å². The summed E-state index contributed by atoms with van der Waals surface area (Å²) < 4.78 is 0. The molecule has 0 aliphatic heterocycles. The first-order valence-corrected chi connectivity index (χ1v) is 8.28. The molecule has 2 aromatic rings. The number of rotatable bonds is 8.